The highest BCUT2D eigenvalue weighted by Gasteiger charge is 2.51. The van der Waals surface area contributed by atoms with E-state index in [0.29, 0.717) is 0 Å². The third-order valence-corrected chi connectivity index (χ3v) is 4.11. The predicted octanol–water partition coefficient (Wildman–Crippen LogP) is 0.539. The van der Waals surface area contributed by atoms with E-state index < -0.39 is 28.2 Å². The summed E-state index contributed by atoms with van der Waals surface area (Å²) in [6.45, 7) is 0.991. The number of alkyl halides is 3. The molecule has 0 spiro atoms. The summed E-state index contributed by atoms with van der Waals surface area (Å²) in [6.07, 6.45) is -0.799. The van der Waals surface area contributed by atoms with E-state index in [-0.39, 0.29) is 23.2 Å². The third kappa shape index (κ3) is 2.43. The van der Waals surface area contributed by atoms with Crippen LogP contribution in [-0.2, 0) is 10.0 Å². The predicted molar refractivity (Wildman–Crippen MR) is 46.3 cm³/mol. The summed E-state index contributed by atoms with van der Waals surface area (Å²) in [7, 11) is -5.28. The molecule has 0 saturated carbocycles. The zero-order valence-corrected chi connectivity index (χ0v) is 8.85. The van der Waals surface area contributed by atoms with Gasteiger partial charge in [-0.1, -0.05) is 6.92 Å². The lowest BCUT2D eigenvalue weighted by molar-refractivity contribution is -0.0521. The van der Waals surface area contributed by atoms with E-state index in [1.165, 1.54) is 0 Å². The second-order valence-corrected chi connectivity index (χ2v) is 5.57. The lowest BCUT2D eigenvalue weighted by Gasteiger charge is -2.33. The van der Waals surface area contributed by atoms with E-state index in [1.807, 2.05) is 0 Å². The first kappa shape index (κ1) is 12.7. The van der Waals surface area contributed by atoms with E-state index in [9.17, 15) is 26.7 Å². The number of aliphatic hydroxyl groups is 1. The third-order valence-electron chi connectivity index (χ3n) is 2.51. The van der Waals surface area contributed by atoms with Crippen molar-refractivity contribution in [3.63, 3.8) is 0 Å². The molecule has 2 atom stereocenters. The first-order valence-electron chi connectivity index (χ1n) is 4.40. The summed E-state index contributed by atoms with van der Waals surface area (Å²) in [5.41, 5.74) is -5.28. The highest BCUT2D eigenvalue weighted by Crippen LogP contribution is 2.30. The standard InChI is InChI=1S/C7H12F3NO3S/c1-5-2-3-11(4-6(5)12)15(13,14)7(8,9)10/h5-6,12H,2-4H2,1H3. The first-order valence-corrected chi connectivity index (χ1v) is 5.84. The van der Waals surface area contributed by atoms with Gasteiger partial charge in [0.05, 0.1) is 6.10 Å². The molecule has 15 heavy (non-hydrogen) atoms. The van der Waals surface area contributed by atoms with Crippen molar-refractivity contribution in [3.8, 4) is 0 Å². The van der Waals surface area contributed by atoms with Gasteiger partial charge in [-0.15, -0.1) is 0 Å². The zero-order chi connectivity index (χ0) is 11.9. The van der Waals surface area contributed by atoms with Crippen LogP contribution in [0.25, 0.3) is 0 Å². The number of hydrogen-bond donors (Lipinski definition) is 1. The molecule has 0 aliphatic carbocycles. The van der Waals surface area contributed by atoms with Crippen molar-refractivity contribution in [1.29, 1.82) is 0 Å². The monoisotopic (exact) mass is 247 g/mol. The minimum atomic E-state index is -5.28. The second kappa shape index (κ2) is 3.91. The average molecular weight is 247 g/mol. The van der Waals surface area contributed by atoms with Crippen LogP contribution in [0.15, 0.2) is 0 Å². The maximum Gasteiger partial charge on any atom is 0.511 e. The van der Waals surface area contributed by atoms with E-state index >= 15 is 0 Å². The van der Waals surface area contributed by atoms with Gasteiger partial charge in [-0.25, -0.2) is 8.42 Å². The van der Waals surface area contributed by atoms with Crippen molar-refractivity contribution in [2.24, 2.45) is 5.92 Å². The number of aliphatic hydroxyl groups excluding tert-OH is 1. The van der Waals surface area contributed by atoms with Crippen LogP contribution in [0.5, 0.6) is 0 Å². The van der Waals surface area contributed by atoms with Gasteiger partial charge in [0.25, 0.3) is 0 Å². The zero-order valence-electron chi connectivity index (χ0n) is 8.03. The molecule has 0 aromatic carbocycles. The van der Waals surface area contributed by atoms with Gasteiger partial charge < -0.3 is 5.11 Å². The van der Waals surface area contributed by atoms with Crippen LogP contribution < -0.4 is 0 Å². The number of nitrogens with zero attached hydrogens (tertiary/aromatic N) is 1. The van der Waals surface area contributed by atoms with E-state index in [2.05, 4.69) is 0 Å². The molecular weight excluding hydrogens is 235 g/mol. The highest BCUT2D eigenvalue weighted by atomic mass is 32.2. The van der Waals surface area contributed by atoms with Gasteiger partial charge in [-0.05, 0) is 12.3 Å². The van der Waals surface area contributed by atoms with Crippen molar-refractivity contribution < 1.29 is 26.7 Å². The van der Waals surface area contributed by atoms with Crippen LogP contribution in [0.1, 0.15) is 13.3 Å². The number of hydrogen-bond acceptors (Lipinski definition) is 3. The molecule has 0 bridgehead atoms. The molecule has 1 heterocycles. The Morgan fingerprint density at radius 1 is 1.40 bits per heavy atom. The Hall–Kier alpha value is -0.340. The summed E-state index contributed by atoms with van der Waals surface area (Å²) in [4.78, 5) is 0. The molecule has 1 rings (SSSR count). The number of rotatable bonds is 1. The molecular formula is C7H12F3NO3S. The van der Waals surface area contributed by atoms with Crippen molar-refractivity contribution in [2.45, 2.75) is 25.0 Å². The van der Waals surface area contributed by atoms with Crippen LogP contribution in [0.4, 0.5) is 13.2 Å². The van der Waals surface area contributed by atoms with Crippen LogP contribution in [0, 0.1) is 5.92 Å². The molecule has 1 aliphatic heterocycles. The number of piperidine rings is 1. The van der Waals surface area contributed by atoms with Crippen molar-refractivity contribution in [2.75, 3.05) is 13.1 Å². The normalized spacial score (nSPS) is 30.5. The van der Waals surface area contributed by atoms with Crippen LogP contribution in [-0.4, -0.2) is 42.5 Å². The molecule has 4 nitrogen and oxygen atoms in total. The summed E-state index contributed by atoms with van der Waals surface area (Å²) in [5, 5.41) is 9.30. The second-order valence-electron chi connectivity index (χ2n) is 3.64. The summed E-state index contributed by atoms with van der Waals surface area (Å²) in [6, 6.07) is 0. The summed E-state index contributed by atoms with van der Waals surface area (Å²) >= 11 is 0. The van der Waals surface area contributed by atoms with Gasteiger partial charge in [-0.2, -0.15) is 17.5 Å². The van der Waals surface area contributed by atoms with Crippen LogP contribution >= 0.6 is 0 Å². The average Bonchev–Trinajstić information content (AvgIpc) is 2.07. The fourth-order valence-corrected chi connectivity index (χ4v) is 2.37. The van der Waals surface area contributed by atoms with Crippen molar-refractivity contribution in [1.82, 2.24) is 4.31 Å². The van der Waals surface area contributed by atoms with Gasteiger partial charge in [-0.3, -0.25) is 0 Å². The Balaban J connectivity index is 2.83. The molecule has 1 fully saturated rings. The number of β-amino-alcohol motifs (C(OH)–C–C–N with tert-alkyl or cyclic N) is 1. The lowest BCUT2D eigenvalue weighted by Crippen LogP contribution is -2.49. The van der Waals surface area contributed by atoms with Gasteiger partial charge >= 0.3 is 15.5 Å². The molecule has 1 saturated heterocycles. The molecule has 1 aliphatic rings. The van der Waals surface area contributed by atoms with Gasteiger partial charge in [0.15, 0.2) is 0 Å². The topological polar surface area (TPSA) is 57.6 Å². The fourth-order valence-electron chi connectivity index (χ4n) is 1.38. The molecule has 0 amide bonds. The highest BCUT2D eigenvalue weighted by molar-refractivity contribution is 7.90. The van der Waals surface area contributed by atoms with Crippen molar-refractivity contribution >= 4 is 10.0 Å². The molecule has 90 valence electrons. The lowest BCUT2D eigenvalue weighted by atomic mass is 9.98. The van der Waals surface area contributed by atoms with Crippen LogP contribution in [0.2, 0.25) is 0 Å². The minimum absolute atomic E-state index is 0.176. The SMILES string of the molecule is CC1CCN(S(=O)(=O)C(F)(F)F)CC1O. The molecule has 2 unspecified atom stereocenters. The first-order chi connectivity index (χ1) is 6.66. The maximum absolute atomic E-state index is 12.1. The summed E-state index contributed by atoms with van der Waals surface area (Å²) in [5.74, 6) is -0.176. The van der Waals surface area contributed by atoms with Crippen LogP contribution in [0.3, 0.4) is 0 Å². The Labute approximate surface area is 85.7 Å². The fraction of sp³-hybridized carbons (Fsp3) is 1.00. The minimum Gasteiger partial charge on any atom is -0.391 e. The largest absolute Gasteiger partial charge is 0.511 e. The Morgan fingerprint density at radius 2 is 1.93 bits per heavy atom. The molecule has 0 aromatic rings. The summed E-state index contributed by atoms with van der Waals surface area (Å²) < 4.78 is 58.6. The Morgan fingerprint density at radius 3 is 2.33 bits per heavy atom. The maximum atomic E-state index is 12.1. The molecule has 1 N–H and O–H groups in total. The van der Waals surface area contributed by atoms with Gasteiger partial charge in [0, 0.05) is 13.1 Å². The van der Waals surface area contributed by atoms with Gasteiger partial charge in [0.2, 0.25) is 0 Å². The Bertz CT molecular complexity index is 327. The van der Waals surface area contributed by atoms with Gasteiger partial charge in [0.1, 0.15) is 0 Å². The quantitative estimate of drug-likeness (QED) is 0.735. The molecule has 0 radical (unpaired) electrons. The Kier molecular flexibility index (Phi) is 3.32. The van der Waals surface area contributed by atoms with E-state index in [4.69, 9.17) is 0 Å². The smallest absolute Gasteiger partial charge is 0.391 e. The van der Waals surface area contributed by atoms with E-state index in [1.54, 1.807) is 6.92 Å². The van der Waals surface area contributed by atoms with E-state index in [0.717, 1.165) is 0 Å². The number of sulfonamides is 1. The van der Waals surface area contributed by atoms with Crippen molar-refractivity contribution in [3.05, 3.63) is 0 Å². The molecule has 0 aromatic heterocycles. The number of halogens is 3. The molecule has 8 heteroatoms.